The summed E-state index contributed by atoms with van der Waals surface area (Å²) in [6, 6.07) is 4.36. The van der Waals surface area contributed by atoms with Crippen LogP contribution in [0.3, 0.4) is 0 Å². The van der Waals surface area contributed by atoms with Gasteiger partial charge in [-0.15, -0.1) is 11.3 Å². The summed E-state index contributed by atoms with van der Waals surface area (Å²) in [4.78, 5) is 1.34. The van der Waals surface area contributed by atoms with Gasteiger partial charge in [-0.3, -0.25) is 0 Å². The predicted molar refractivity (Wildman–Crippen MR) is 69.6 cm³/mol. The average molecular weight is 298 g/mol. The summed E-state index contributed by atoms with van der Waals surface area (Å²) >= 11 is 5.32. The van der Waals surface area contributed by atoms with Crippen LogP contribution in [-0.4, -0.2) is 17.2 Å². The van der Waals surface area contributed by atoms with Crippen LogP contribution in [0.15, 0.2) is 34.4 Å². The molecule has 0 aliphatic heterocycles. The van der Waals surface area contributed by atoms with Crippen molar-refractivity contribution < 1.29 is 0 Å². The fraction of sp³-hybridized carbons (Fsp3) is 0.273. The quantitative estimate of drug-likeness (QED) is 0.943. The third kappa shape index (κ3) is 2.66. The van der Waals surface area contributed by atoms with Crippen LogP contribution < -0.4 is 5.32 Å². The largest absolute Gasteiger partial charge is 0.313 e. The van der Waals surface area contributed by atoms with Crippen molar-refractivity contribution in [3.63, 3.8) is 0 Å². The molecule has 3 nitrogen and oxygen atoms in total. The third-order valence-electron chi connectivity index (χ3n) is 2.44. The Hall–Kier alpha value is -0.780. The van der Waals surface area contributed by atoms with Crippen LogP contribution >= 0.6 is 27.3 Å². The topological polar surface area (TPSA) is 37.8 Å². The van der Waals surface area contributed by atoms with Crippen molar-refractivity contribution in [3.05, 3.63) is 44.8 Å². The van der Waals surface area contributed by atoms with Gasteiger partial charge in [-0.05, 0) is 46.1 Å². The number of hydrogen-bond acceptors (Lipinski definition) is 4. The molecule has 0 aliphatic carbocycles. The van der Waals surface area contributed by atoms with Gasteiger partial charge in [-0.25, -0.2) is 0 Å². The van der Waals surface area contributed by atoms with Crippen molar-refractivity contribution in [3.8, 4) is 0 Å². The van der Waals surface area contributed by atoms with Crippen LogP contribution in [0.25, 0.3) is 0 Å². The molecule has 2 rings (SSSR count). The maximum atomic E-state index is 3.91. The molecule has 0 saturated carbocycles. The molecule has 0 amide bonds. The average Bonchev–Trinajstić information content (AvgIpc) is 2.73. The second-order valence-electron chi connectivity index (χ2n) is 3.41. The summed E-state index contributed by atoms with van der Waals surface area (Å²) in [5.74, 6) is 0. The standard InChI is InChI=1S/C11H12BrN3S/c1-13-10(8-2-4-14-15-7-8)6-11-9(12)3-5-16-11/h2-5,7,10,13H,6H2,1H3. The fourth-order valence-corrected chi connectivity index (χ4v) is 3.11. The molecule has 2 aromatic rings. The van der Waals surface area contributed by atoms with Crippen LogP contribution in [0, 0.1) is 0 Å². The number of nitrogens with one attached hydrogen (secondary N) is 1. The minimum atomic E-state index is 0.283. The number of likely N-dealkylation sites (N-methyl/N-ethyl adjacent to an activating group) is 1. The molecule has 0 fully saturated rings. The monoisotopic (exact) mass is 297 g/mol. The molecule has 0 radical (unpaired) electrons. The normalized spacial score (nSPS) is 12.6. The molecule has 0 aromatic carbocycles. The zero-order chi connectivity index (χ0) is 11.4. The van der Waals surface area contributed by atoms with E-state index < -0.39 is 0 Å². The van der Waals surface area contributed by atoms with Gasteiger partial charge in [0.05, 0.1) is 6.20 Å². The molecule has 0 aliphatic rings. The van der Waals surface area contributed by atoms with E-state index in [0.717, 1.165) is 12.0 Å². The predicted octanol–water partition coefficient (Wildman–Crippen LogP) is 2.80. The molecular formula is C11H12BrN3S. The van der Waals surface area contributed by atoms with Crippen molar-refractivity contribution in [2.24, 2.45) is 0 Å². The van der Waals surface area contributed by atoms with E-state index in [0.29, 0.717) is 0 Å². The molecule has 5 heteroatoms. The molecule has 2 aromatic heterocycles. The minimum absolute atomic E-state index is 0.283. The Bertz CT molecular complexity index is 444. The lowest BCUT2D eigenvalue weighted by Crippen LogP contribution is -2.18. The number of halogens is 1. The number of aromatic nitrogens is 2. The van der Waals surface area contributed by atoms with Gasteiger partial charge >= 0.3 is 0 Å². The highest BCUT2D eigenvalue weighted by Gasteiger charge is 2.12. The van der Waals surface area contributed by atoms with Crippen molar-refractivity contribution in [1.82, 2.24) is 15.5 Å². The Balaban J connectivity index is 2.16. The molecule has 1 atom stereocenters. The summed E-state index contributed by atoms with van der Waals surface area (Å²) in [5.41, 5.74) is 1.16. The lowest BCUT2D eigenvalue weighted by Gasteiger charge is -2.15. The number of nitrogens with zero attached hydrogens (tertiary/aromatic N) is 2. The van der Waals surface area contributed by atoms with Crippen molar-refractivity contribution >= 4 is 27.3 Å². The van der Waals surface area contributed by atoms with E-state index in [2.05, 4.69) is 42.9 Å². The van der Waals surface area contributed by atoms with Gasteiger partial charge in [-0.1, -0.05) is 0 Å². The van der Waals surface area contributed by atoms with Gasteiger partial charge in [-0.2, -0.15) is 10.2 Å². The van der Waals surface area contributed by atoms with Gasteiger partial charge in [0.15, 0.2) is 0 Å². The lowest BCUT2D eigenvalue weighted by atomic mass is 10.1. The van der Waals surface area contributed by atoms with E-state index in [-0.39, 0.29) is 6.04 Å². The van der Waals surface area contributed by atoms with Crippen LogP contribution in [0.1, 0.15) is 16.5 Å². The van der Waals surface area contributed by atoms with E-state index in [9.17, 15) is 0 Å². The molecule has 0 saturated heterocycles. The Morgan fingerprint density at radius 3 is 2.88 bits per heavy atom. The second kappa shape index (κ2) is 5.52. The Morgan fingerprint density at radius 1 is 1.44 bits per heavy atom. The smallest absolute Gasteiger partial charge is 0.0544 e. The van der Waals surface area contributed by atoms with E-state index in [1.165, 1.54) is 9.35 Å². The van der Waals surface area contributed by atoms with Gasteiger partial charge < -0.3 is 5.32 Å². The summed E-state index contributed by atoms with van der Waals surface area (Å²) in [5, 5.41) is 13.1. The molecule has 0 spiro atoms. The first kappa shape index (κ1) is 11.7. The van der Waals surface area contributed by atoms with Crippen LogP contribution in [0.4, 0.5) is 0 Å². The highest BCUT2D eigenvalue weighted by molar-refractivity contribution is 9.10. The molecule has 2 heterocycles. The molecular weight excluding hydrogens is 286 g/mol. The SMILES string of the molecule is CNC(Cc1sccc1Br)c1ccnnc1. The Labute approximate surface area is 107 Å². The first-order chi connectivity index (χ1) is 7.81. The van der Waals surface area contributed by atoms with Gasteiger partial charge in [0.25, 0.3) is 0 Å². The van der Waals surface area contributed by atoms with Crippen LogP contribution in [0.5, 0.6) is 0 Å². The number of rotatable bonds is 4. The molecule has 16 heavy (non-hydrogen) atoms. The molecule has 84 valence electrons. The zero-order valence-corrected chi connectivity index (χ0v) is 11.3. The highest BCUT2D eigenvalue weighted by Crippen LogP contribution is 2.27. The molecule has 1 unspecified atom stereocenters. The zero-order valence-electron chi connectivity index (χ0n) is 8.85. The van der Waals surface area contributed by atoms with E-state index in [1.807, 2.05) is 19.3 Å². The summed E-state index contributed by atoms with van der Waals surface area (Å²) in [6.45, 7) is 0. The van der Waals surface area contributed by atoms with Crippen molar-refractivity contribution in [1.29, 1.82) is 0 Å². The van der Waals surface area contributed by atoms with Crippen LogP contribution in [0.2, 0.25) is 0 Å². The van der Waals surface area contributed by atoms with Crippen molar-refractivity contribution in [2.75, 3.05) is 7.05 Å². The van der Waals surface area contributed by atoms with Crippen LogP contribution in [-0.2, 0) is 6.42 Å². The summed E-state index contributed by atoms with van der Waals surface area (Å²) in [6.07, 6.45) is 4.49. The van der Waals surface area contributed by atoms with E-state index >= 15 is 0 Å². The maximum Gasteiger partial charge on any atom is 0.0544 e. The van der Waals surface area contributed by atoms with Gasteiger partial charge in [0.2, 0.25) is 0 Å². The second-order valence-corrected chi connectivity index (χ2v) is 5.27. The first-order valence-electron chi connectivity index (χ1n) is 4.97. The lowest BCUT2D eigenvalue weighted by molar-refractivity contribution is 0.591. The number of hydrogen-bond donors (Lipinski definition) is 1. The molecule has 0 bridgehead atoms. The Morgan fingerprint density at radius 2 is 2.31 bits per heavy atom. The van der Waals surface area contributed by atoms with Gasteiger partial charge in [0, 0.05) is 28.0 Å². The highest BCUT2D eigenvalue weighted by atomic mass is 79.9. The van der Waals surface area contributed by atoms with E-state index in [4.69, 9.17) is 0 Å². The third-order valence-corrected chi connectivity index (χ3v) is 4.39. The fourth-order valence-electron chi connectivity index (χ4n) is 1.55. The summed E-state index contributed by atoms with van der Waals surface area (Å²) < 4.78 is 1.18. The maximum absolute atomic E-state index is 3.91. The Kier molecular flexibility index (Phi) is 4.04. The molecule has 1 N–H and O–H groups in total. The first-order valence-corrected chi connectivity index (χ1v) is 6.64. The summed E-state index contributed by atoms with van der Waals surface area (Å²) in [7, 11) is 1.96. The van der Waals surface area contributed by atoms with Gasteiger partial charge in [0.1, 0.15) is 0 Å². The van der Waals surface area contributed by atoms with Crippen molar-refractivity contribution in [2.45, 2.75) is 12.5 Å². The van der Waals surface area contributed by atoms with E-state index in [1.54, 1.807) is 17.5 Å². The minimum Gasteiger partial charge on any atom is -0.313 e. The number of thiophene rings is 1.